The first-order valence-corrected chi connectivity index (χ1v) is 8.64. The van der Waals surface area contributed by atoms with Gasteiger partial charge >= 0.3 is 0 Å². The molecule has 1 aliphatic heterocycles. The van der Waals surface area contributed by atoms with Crippen LogP contribution < -0.4 is 10.2 Å². The highest BCUT2D eigenvalue weighted by Crippen LogP contribution is 2.33. The molecule has 0 spiro atoms. The van der Waals surface area contributed by atoms with Crippen molar-refractivity contribution in [3.05, 3.63) is 23.2 Å². The molecule has 4 nitrogen and oxygen atoms in total. The topological polar surface area (TPSA) is 45.2 Å². The van der Waals surface area contributed by atoms with Crippen LogP contribution in [0.4, 0.5) is 5.13 Å². The van der Waals surface area contributed by atoms with Gasteiger partial charge in [0.25, 0.3) is 0 Å². The minimum Gasteiger partial charge on any atom is -0.316 e. The minimum absolute atomic E-state index is 0. The number of halogens is 1. The van der Waals surface area contributed by atoms with Crippen molar-refractivity contribution < 1.29 is 4.79 Å². The van der Waals surface area contributed by atoms with E-state index in [0.717, 1.165) is 31.1 Å². The molecule has 0 aromatic carbocycles. The lowest BCUT2D eigenvalue weighted by Crippen LogP contribution is -2.50. The molecule has 1 amide bonds. The maximum Gasteiger partial charge on any atom is 0.232 e. The number of carbonyl (C=O) groups excluding carboxylic acids is 1. The van der Waals surface area contributed by atoms with Gasteiger partial charge in [-0.3, -0.25) is 9.69 Å². The normalized spacial score (nSPS) is 18.6. The fourth-order valence-electron chi connectivity index (χ4n) is 2.96. The summed E-state index contributed by atoms with van der Waals surface area (Å²) in [6.45, 7) is 8.28. The molecule has 1 aromatic heterocycles. The predicted octanol–water partition coefficient (Wildman–Crippen LogP) is 2.82. The molecule has 1 aromatic rings. The highest BCUT2D eigenvalue weighted by Gasteiger charge is 2.33. The standard InChI is InChI=1S/C16H23N3OS.ClH/c1-3-8-19(15(20)11(2)12-9-17-10-12)16-18-13-6-4-5-7-14(13)21-16;/h3,11-12,17H,1,4-10H2,2H3;1H. The number of aromatic nitrogens is 1. The van der Waals surface area contributed by atoms with Crippen LogP contribution in [-0.4, -0.2) is 30.5 Å². The van der Waals surface area contributed by atoms with Crippen LogP contribution in [0, 0.1) is 11.8 Å². The molecule has 22 heavy (non-hydrogen) atoms. The van der Waals surface area contributed by atoms with Crippen molar-refractivity contribution in [3.63, 3.8) is 0 Å². The Morgan fingerprint density at radius 3 is 2.82 bits per heavy atom. The molecule has 3 rings (SSSR count). The van der Waals surface area contributed by atoms with Gasteiger partial charge in [0, 0.05) is 17.3 Å². The Kier molecular flexibility index (Phi) is 6.01. The lowest BCUT2D eigenvalue weighted by atomic mass is 9.88. The maximum absolute atomic E-state index is 12.8. The van der Waals surface area contributed by atoms with E-state index in [-0.39, 0.29) is 24.2 Å². The van der Waals surface area contributed by atoms with Gasteiger partial charge in [0.05, 0.1) is 5.69 Å². The summed E-state index contributed by atoms with van der Waals surface area (Å²) in [5, 5.41) is 4.11. The maximum atomic E-state index is 12.8. The first-order chi connectivity index (χ1) is 10.2. The van der Waals surface area contributed by atoms with E-state index in [1.165, 1.54) is 23.4 Å². The van der Waals surface area contributed by atoms with Crippen molar-refractivity contribution >= 4 is 34.8 Å². The molecule has 2 heterocycles. The first-order valence-electron chi connectivity index (χ1n) is 7.82. The Hall–Kier alpha value is -0.910. The molecule has 1 atom stereocenters. The second-order valence-electron chi connectivity index (χ2n) is 6.02. The molecule has 1 N–H and O–H groups in total. The van der Waals surface area contributed by atoms with Crippen LogP contribution in [-0.2, 0) is 17.6 Å². The van der Waals surface area contributed by atoms with Gasteiger partial charge in [-0.2, -0.15) is 0 Å². The van der Waals surface area contributed by atoms with Gasteiger partial charge in [0.2, 0.25) is 5.91 Å². The van der Waals surface area contributed by atoms with Crippen molar-refractivity contribution in [3.8, 4) is 0 Å². The third kappa shape index (κ3) is 3.36. The molecule has 2 aliphatic rings. The third-order valence-corrected chi connectivity index (χ3v) is 5.73. The minimum atomic E-state index is 0. The largest absolute Gasteiger partial charge is 0.316 e. The van der Waals surface area contributed by atoms with Gasteiger partial charge < -0.3 is 5.32 Å². The second-order valence-corrected chi connectivity index (χ2v) is 7.08. The van der Waals surface area contributed by atoms with Crippen molar-refractivity contribution in [1.82, 2.24) is 10.3 Å². The zero-order valence-electron chi connectivity index (χ0n) is 13.0. The highest BCUT2D eigenvalue weighted by molar-refractivity contribution is 7.16. The smallest absolute Gasteiger partial charge is 0.232 e. The summed E-state index contributed by atoms with van der Waals surface area (Å²) in [6, 6.07) is 0. The summed E-state index contributed by atoms with van der Waals surface area (Å²) in [5.74, 6) is 0.694. The Balaban J connectivity index is 0.00000176. The third-order valence-electron chi connectivity index (χ3n) is 4.55. The quantitative estimate of drug-likeness (QED) is 0.838. The Morgan fingerprint density at radius 2 is 2.23 bits per heavy atom. The summed E-state index contributed by atoms with van der Waals surface area (Å²) < 4.78 is 0. The Morgan fingerprint density at radius 1 is 1.50 bits per heavy atom. The van der Waals surface area contributed by atoms with Crippen molar-refractivity contribution in [2.24, 2.45) is 11.8 Å². The molecule has 1 saturated heterocycles. The van der Waals surface area contributed by atoms with Crippen LogP contribution in [0.25, 0.3) is 0 Å². The van der Waals surface area contributed by atoms with E-state index in [2.05, 4.69) is 11.9 Å². The number of thiazole rings is 1. The van der Waals surface area contributed by atoms with Crippen LogP contribution in [0.5, 0.6) is 0 Å². The molecule has 6 heteroatoms. The van der Waals surface area contributed by atoms with E-state index in [0.29, 0.717) is 12.5 Å². The second kappa shape index (κ2) is 7.57. The molecule has 122 valence electrons. The summed E-state index contributed by atoms with van der Waals surface area (Å²) in [7, 11) is 0. The molecule has 0 bridgehead atoms. The zero-order chi connectivity index (χ0) is 14.8. The van der Waals surface area contributed by atoms with Crippen molar-refractivity contribution in [1.29, 1.82) is 0 Å². The van der Waals surface area contributed by atoms with E-state index in [1.807, 2.05) is 11.8 Å². The summed E-state index contributed by atoms with van der Waals surface area (Å²) in [5.41, 5.74) is 1.21. The summed E-state index contributed by atoms with van der Waals surface area (Å²) in [4.78, 5) is 20.7. The lowest BCUT2D eigenvalue weighted by molar-refractivity contribution is -0.123. The number of hydrogen-bond donors (Lipinski definition) is 1. The van der Waals surface area contributed by atoms with Crippen LogP contribution in [0.3, 0.4) is 0 Å². The molecule has 1 aliphatic carbocycles. The van der Waals surface area contributed by atoms with Gasteiger partial charge in [0.1, 0.15) is 0 Å². The number of carbonyl (C=O) groups is 1. The van der Waals surface area contributed by atoms with E-state index >= 15 is 0 Å². The van der Waals surface area contributed by atoms with E-state index in [4.69, 9.17) is 4.98 Å². The van der Waals surface area contributed by atoms with Gasteiger partial charge in [-0.15, -0.1) is 30.3 Å². The van der Waals surface area contributed by atoms with Crippen LogP contribution >= 0.6 is 23.7 Å². The monoisotopic (exact) mass is 341 g/mol. The number of aryl methyl sites for hydroxylation is 2. The predicted molar refractivity (Wildman–Crippen MR) is 94.1 cm³/mol. The van der Waals surface area contributed by atoms with Gasteiger partial charge in [-0.05, 0) is 44.7 Å². The molecule has 1 unspecified atom stereocenters. The SMILES string of the molecule is C=CCN(C(=O)C(C)C1CNC1)c1nc2c(s1)CCCC2.Cl. The highest BCUT2D eigenvalue weighted by atomic mass is 35.5. The van der Waals surface area contributed by atoms with E-state index < -0.39 is 0 Å². The van der Waals surface area contributed by atoms with Crippen LogP contribution in [0.2, 0.25) is 0 Å². The Labute approximate surface area is 142 Å². The van der Waals surface area contributed by atoms with Crippen LogP contribution in [0.1, 0.15) is 30.3 Å². The van der Waals surface area contributed by atoms with E-state index in [9.17, 15) is 4.79 Å². The first kappa shape index (κ1) is 17.4. The van der Waals surface area contributed by atoms with Crippen LogP contribution in [0.15, 0.2) is 12.7 Å². The summed E-state index contributed by atoms with van der Waals surface area (Å²) >= 11 is 1.70. The average Bonchev–Trinajstić information content (AvgIpc) is 2.85. The molecule has 0 saturated carbocycles. The number of nitrogens with zero attached hydrogens (tertiary/aromatic N) is 2. The fourth-order valence-corrected chi connectivity index (χ4v) is 4.12. The van der Waals surface area contributed by atoms with Gasteiger partial charge in [-0.25, -0.2) is 4.98 Å². The van der Waals surface area contributed by atoms with E-state index in [1.54, 1.807) is 17.4 Å². The molecular formula is C16H24ClN3OS. The molecular weight excluding hydrogens is 318 g/mol. The van der Waals surface area contributed by atoms with Crippen molar-refractivity contribution in [2.45, 2.75) is 32.6 Å². The number of fused-ring (bicyclic) bond motifs is 1. The molecule has 0 radical (unpaired) electrons. The lowest BCUT2D eigenvalue weighted by Gasteiger charge is -2.34. The number of rotatable bonds is 5. The number of nitrogens with one attached hydrogen (secondary N) is 1. The number of amides is 1. The number of hydrogen-bond acceptors (Lipinski definition) is 4. The molecule has 1 fully saturated rings. The number of anilines is 1. The van der Waals surface area contributed by atoms with Gasteiger partial charge in [0.15, 0.2) is 5.13 Å². The Bertz CT molecular complexity index is 518. The zero-order valence-corrected chi connectivity index (χ0v) is 14.6. The fraction of sp³-hybridized carbons (Fsp3) is 0.625. The summed E-state index contributed by atoms with van der Waals surface area (Å²) in [6.07, 6.45) is 6.43. The van der Waals surface area contributed by atoms with Gasteiger partial charge in [-0.1, -0.05) is 13.0 Å². The van der Waals surface area contributed by atoms with Crippen molar-refractivity contribution in [2.75, 3.05) is 24.5 Å². The average molecular weight is 342 g/mol.